The number of carbonyl (C=O) groups is 1. The van der Waals surface area contributed by atoms with Gasteiger partial charge in [0.05, 0.1) is 24.2 Å². The molecule has 1 amide bonds. The van der Waals surface area contributed by atoms with Crippen molar-refractivity contribution in [1.29, 1.82) is 0 Å². The van der Waals surface area contributed by atoms with Crippen LogP contribution in [0.25, 0.3) is 0 Å². The number of hydrogen-bond donors (Lipinski definition) is 2. The summed E-state index contributed by atoms with van der Waals surface area (Å²) in [6.07, 6.45) is 5.85. The van der Waals surface area contributed by atoms with E-state index in [1.807, 2.05) is 58.2 Å². The van der Waals surface area contributed by atoms with Gasteiger partial charge < -0.3 is 19.9 Å². The molecule has 2 aromatic carbocycles. The average molecular weight is 518 g/mol. The molecular weight excluding hydrogens is 481 g/mol. The Labute approximate surface area is 215 Å². The van der Waals surface area contributed by atoms with Gasteiger partial charge in [0.25, 0.3) is 5.91 Å². The molecule has 0 radical (unpaired) electrons. The summed E-state index contributed by atoms with van der Waals surface area (Å²) < 4.78 is 11.8. The molecule has 0 aliphatic rings. The molecule has 0 fully saturated rings. The fraction of sp³-hybridized carbons (Fsp3) is 0.346. The molecule has 1 unspecified atom stereocenters. The third kappa shape index (κ3) is 11.1. The van der Waals surface area contributed by atoms with Crippen LogP contribution in [-0.4, -0.2) is 39.9 Å². The summed E-state index contributed by atoms with van der Waals surface area (Å²) in [4.78, 5) is 22.4. The SMILES string of the molecule is CC.CCO.CSc1ccc(Oc2cc(OC(C)C)cc(C(=O)Nc3cnc(CP)cn3)c2)cc1. The Morgan fingerprint density at radius 3 is 2.20 bits per heavy atom. The summed E-state index contributed by atoms with van der Waals surface area (Å²) in [5.74, 6) is 1.81. The Balaban J connectivity index is 0.00000114. The first-order valence-corrected chi connectivity index (χ1v) is 13.5. The molecule has 3 rings (SSSR count). The van der Waals surface area contributed by atoms with Gasteiger partial charge in [0, 0.05) is 29.3 Å². The first-order chi connectivity index (χ1) is 16.9. The number of anilines is 1. The third-order valence-corrected chi connectivity index (χ3v) is 5.13. The van der Waals surface area contributed by atoms with E-state index in [2.05, 4.69) is 24.5 Å². The molecule has 1 aromatic heterocycles. The van der Waals surface area contributed by atoms with Crippen molar-refractivity contribution in [2.75, 3.05) is 18.2 Å². The summed E-state index contributed by atoms with van der Waals surface area (Å²) in [7, 11) is 2.59. The van der Waals surface area contributed by atoms with E-state index >= 15 is 0 Å². The number of hydrogen-bond acceptors (Lipinski definition) is 7. The predicted molar refractivity (Wildman–Crippen MR) is 148 cm³/mol. The lowest BCUT2D eigenvalue weighted by Gasteiger charge is -2.14. The fourth-order valence-corrected chi connectivity index (χ4v) is 3.21. The zero-order valence-corrected chi connectivity index (χ0v) is 23.2. The maximum absolute atomic E-state index is 12.8. The predicted octanol–water partition coefficient (Wildman–Crippen LogP) is 6.43. The molecule has 0 aliphatic heterocycles. The summed E-state index contributed by atoms with van der Waals surface area (Å²) in [5, 5.41) is 10.3. The van der Waals surface area contributed by atoms with E-state index in [1.165, 1.54) is 6.20 Å². The number of ether oxygens (including phenoxy) is 2. The van der Waals surface area contributed by atoms with Crippen LogP contribution in [-0.2, 0) is 6.16 Å². The van der Waals surface area contributed by atoms with E-state index in [0.717, 1.165) is 10.6 Å². The lowest BCUT2D eigenvalue weighted by Crippen LogP contribution is -2.14. The van der Waals surface area contributed by atoms with Crippen LogP contribution in [0.1, 0.15) is 50.7 Å². The second kappa shape index (κ2) is 16.9. The van der Waals surface area contributed by atoms with Crippen molar-refractivity contribution in [2.24, 2.45) is 0 Å². The molecule has 0 bridgehead atoms. The molecular formula is C26H36N3O4PS. The molecule has 2 N–H and O–H groups in total. The maximum Gasteiger partial charge on any atom is 0.257 e. The highest BCUT2D eigenvalue weighted by atomic mass is 32.2. The minimum absolute atomic E-state index is 0.0395. The van der Waals surface area contributed by atoms with Crippen LogP contribution in [0, 0.1) is 0 Å². The molecule has 0 spiro atoms. The van der Waals surface area contributed by atoms with Crippen LogP contribution in [0.3, 0.4) is 0 Å². The first kappa shape index (κ1) is 30.4. The Hall–Kier alpha value is -2.67. The highest BCUT2D eigenvalue weighted by molar-refractivity contribution is 7.98. The standard InChI is InChI=1S/C22H24N3O3PS.C2H6O.C2H6/c1-14(2)27-18-8-15(22(26)25-21-12-23-16(13-29)11-24-21)9-19(10-18)28-17-4-6-20(30-3)7-5-17;1-2-3;1-2/h4-12,14H,13,29H2,1-3H3,(H,24,25,26);3H,2H2,1H3;1-2H3. The van der Waals surface area contributed by atoms with E-state index in [0.29, 0.717) is 34.8 Å². The van der Waals surface area contributed by atoms with Gasteiger partial charge in [-0.15, -0.1) is 21.0 Å². The molecule has 7 nitrogen and oxygen atoms in total. The van der Waals surface area contributed by atoms with E-state index < -0.39 is 0 Å². The molecule has 9 heteroatoms. The first-order valence-electron chi connectivity index (χ1n) is 11.4. The van der Waals surface area contributed by atoms with Crippen molar-refractivity contribution in [2.45, 2.75) is 51.8 Å². The van der Waals surface area contributed by atoms with Crippen molar-refractivity contribution >= 4 is 32.7 Å². The molecule has 3 aromatic rings. The van der Waals surface area contributed by atoms with Crippen LogP contribution in [0.5, 0.6) is 17.2 Å². The molecule has 1 heterocycles. The van der Waals surface area contributed by atoms with Crippen molar-refractivity contribution < 1.29 is 19.4 Å². The monoisotopic (exact) mass is 517 g/mol. The van der Waals surface area contributed by atoms with Crippen molar-refractivity contribution in [3.05, 3.63) is 66.1 Å². The Morgan fingerprint density at radius 2 is 1.69 bits per heavy atom. The maximum atomic E-state index is 12.8. The molecule has 0 saturated carbocycles. The van der Waals surface area contributed by atoms with Crippen molar-refractivity contribution in [3.8, 4) is 17.2 Å². The topological polar surface area (TPSA) is 93.6 Å². The fourth-order valence-electron chi connectivity index (χ4n) is 2.60. The summed E-state index contributed by atoms with van der Waals surface area (Å²) >= 11 is 1.66. The number of rotatable bonds is 8. The highest BCUT2D eigenvalue weighted by Gasteiger charge is 2.13. The summed E-state index contributed by atoms with van der Waals surface area (Å²) in [6.45, 7) is 9.79. The number of benzene rings is 2. The Kier molecular flexibility index (Phi) is 14.6. The minimum atomic E-state index is -0.320. The van der Waals surface area contributed by atoms with Gasteiger partial charge in [0.1, 0.15) is 17.2 Å². The Morgan fingerprint density at radius 1 is 1.06 bits per heavy atom. The third-order valence-electron chi connectivity index (χ3n) is 3.97. The number of amides is 1. The van der Waals surface area contributed by atoms with Crippen LogP contribution in [0.15, 0.2) is 59.8 Å². The minimum Gasteiger partial charge on any atom is -0.491 e. The van der Waals surface area contributed by atoms with E-state index in [4.69, 9.17) is 14.6 Å². The van der Waals surface area contributed by atoms with Gasteiger partial charge in [0.15, 0.2) is 5.82 Å². The molecule has 1 atom stereocenters. The van der Waals surface area contributed by atoms with Gasteiger partial charge in [-0.05, 0) is 63.4 Å². The zero-order chi connectivity index (χ0) is 26.2. The second-order valence-electron chi connectivity index (χ2n) is 7.00. The molecule has 35 heavy (non-hydrogen) atoms. The quantitative estimate of drug-likeness (QED) is 0.263. The summed E-state index contributed by atoms with van der Waals surface area (Å²) in [6, 6.07) is 12.9. The number of aliphatic hydroxyl groups is 1. The summed E-state index contributed by atoms with van der Waals surface area (Å²) in [5.41, 5.74) is 1.23. The van der Waals surface area contributed by atoms with E-state index in [-0.39, 0.29) is 18.6 Å². The zero-order valence-electron chi connectivity index (χ0n) is 21.2. The van der Waals surface area contributed by atoms with Gasteiger partial charge in [-0.25, -0.2) is 4.98 Å². The number of nitrogens with zero attached hydrogens (tertiary/aromatic N) is 2. The normalized spacial score (nSPS) is 9.86. The highest BCUT2D eigenvalue weighted by Crippen LogP contribution is 2.29. The van der Waals surface area contributed by atoms with E-state index in [1.54, 1.807) is 43.1 Å². The van der Waals surface area contributed by atoms with Crippen LogP contribution >= 0.6 is 21.0 Å². The average Bonchev–Trinajstić information content (AvgIpc) is 2.86. The van der Waals surface area contributed by atoms with Crippen molar-refractivity contribution in [1.82, 2.24) is 9.97 Å². The van der Waals surface area contributed by atoms with Crippen LogP contribution < -0.4 is 14.8 Å². The van der Waals surface area contributed by atoms with Crippen LogP contribution in [0.2, 0.25) is 0 Å². The lowest BCUT2D eigenvalue weighted by molar-refractivity contribution is 0.102. The second-order valence-corrected chi connectivity index (χ2v) is 8.29. The van der Waals surface area contributed by atoms with E-state index in [9.17, 15) is 4.79 Å². The largest absolute Gasteiger partial charge is 0.491 e. The number of aliphatic hydroxyl groups excluding tert-OH is 1. The van der Waals surface area contributed by atoms with Gasteiger partial charge in [-0.2, -0.15) is 0 Å². The Bertz CT molecular complexity index is 1020. The van der Waals surface area contributed by atoms with Gasteiger partial charge >= 0.3 is 0 Å². The van der Waals surface area contributed by atoms with Crippen LogP contribution in [0.4, 0.5) is 5.82 Å². The van der Waals surface area contributed by atoms with Gasteiger partial charge in [-0.3, -0.25) is 9.78 Å². The van der Waals surface area contributed by atoms with Crippen molar-refractivity contribution in [3.63, 3.8) is 0 Å². The molecule has 190 valence electrons. The number of nitrogens with one attached hydrogen (secondary N) is 1. The number of aromatic nitrogens is 2. The van der Waals surface area contributed by atoms with Gasteiger partial charge in [-0.1, -0.05) is 13.8 Å². The molecule has 0 aliphatic carbocycles. The smallest absolute Gasteiger partial charge is 0.257 e. The molecule has 0 saturated heterocycles. The number of carbonyl (C=O) groups excluding carboxylic acids is 1. The van der Waals surface area contributed by atoms with Gasteiger partial charge in [0.2, 0.25) is 0 Å². The number of thioether (sulfide) groups is 1. The lowest BCUT2D eigenvalue weighted by atomic mass is 10.2.